The number of ether oxygens (including phenoxy) is 1. The Morgan fingerprint density at radius 3 is 1.79 bits per heavy atom. The SMILES string of the molecule is Fc1ccc(C(OCCN2CCN(CCCc3ccccc3)CC2)c2ccc(F)cc2)cc1.NC(CCC(=O)O)C(=O)O. The van der Waals surface area contributed by atoms with E-state index in [1.54, 1.807) is 24.3 Å². The number of nitrogens with zero attached hydrogens (tertiary/aromatic N) is 2. The molecule has 0 saturated carbocycles. The summed E-state index contributed by atoms with van der Waals surface area (Å²) >= 11 is 0. The minimum atomic E-state index is -1.17. The van der Waals surface area contributed by atoms with Crippen LogP contribution in [0.3, 0.4) is 0 Å². The summed E-state index contributed by atoms with van der Waals surface area (Å²) in [5.41, 5.74) is 8.14. The van der Waals surface area contributed by atoms with Gasteiger partial charge in [0.15, 0.2) is 0 Å². The number of aryl methyl sites for hydroxylation is 1. The van der Waals surface area contributed by atoms with Gasteiger partial charge in [-0.1, -0.05) is 54.6 Å². The van der Waals surface area contributed by atoms with Crippen molar-refractivity contribution in [1.29, 1.82) is 0 Å². The highest BCUT2D eigenvalue weighted by molar-refractivity contribution is 5.74. The molecular formula is C33H41F2N3O5. The smallest absolute Gasteiger partial charge is 0.320 e. The van der Waals surface area contributed by atoms with E-state index in [1.807, 2.05) is 0 Å². The predicted octanol–water partition coefficient (Wildman–Crippen LogP) is 4.58. The lowest BCUT2D eigenvalue weighted by Gasteiger charge is -2.35. The van der Waals surface area contributed by atoms with Gasteiger partial charge >= 0.3 is 11.9 Å². The fourth-order valence-corrected chi connectivity index (χ4v) is 4.75. The van der Waals surface area contributed by atoms with Crippen molar-refractivity contribution in [1.82, 2.24) is 9.80 Å². The van der Waals surface area contributed by atoms with Gasteiger partial charge in [-0.3, -0.25) is 14.5 Å². The Balaban J connectivity index is 0.000000436. The van der Waals surface area contributed by atoms with Gasteiger partial charge < -0.3 is 25.6 Å². The number of carbonyl (C=O) groups is 2. The number of benzene rings is 3. The monoisotopic (exact) mass is 597 g/mol. The third-order valence-corrected chi connectivity index (χ3v) is 7.27. The summed E-state index contributed by atoms with van der Waals surface area (Å²) < 4.78 is 33.0. The third-order valence-electron chi connectivity index (χ3n) is 7.27. The molecule has 1 aliphatic heterocycles. The summed E-state index contributed by atoms with van der Waals surface area (Å²) in [7, 11) is 0. The van der Waals surface area contributed by atoms with Crippen molar-refractivity contribution in [3.8, 4) is 0 Å². The molecule has 4 rings (SSSR count). The van der Waals surface area contributed by atoms with Crippen LogP contribution in [0.5, 0.6) is 0 Å². The van der Waals surface area contributed by atoms with E-state index in [1.165, 1.54) is 36.2 Å². The van der Waals surface area contributed by atoms with Crippen LogP contribution in [0, 0.1) is 11.6 Å². The minimum Gasteiger partial charge on any atom is -0.481 e. The number of halogens is 2. The highest BCUT2D eigenvalue weighted by Crippen LogP contribution is 2.26. The van der Waals surface area contributed by atoms with E-state index in [0.717, 1.165) is 56.8 Å². The second kappa shape index (κ2) is 18.1. The molecule has 0 amide bonds. The number of hydrogen-bond donors (Lipinski definition) is 3. The van der Waals surface area contributed by atoms with Crippen molar-refractivity contribution in [2.75, 3.05) is 45.9 Å². The Bertz CT molecular complexity index is 1190. The number of aliphatic carboxylic acids is 2. The first kappa shape index (κ1) is 33.8. The Labute approximate surface area is 251 Å². The second-order valence-electron chi connectivity index (χ2n) is 10.5. The zero-order chi connectivity index (χ0) is 31.0. The number of rotatable bonds is 14. The van der Waals surface area contributed by atoms with Crippen molar-refractivity contribution < 1.29 is 33.3 Å². The van der Waals surface area contributed by atoms with Gasteiger partial charge in [0.1, 0.15) is 23.8 Å². The van der Waals surface area contributed by atoms with E-state index in [-0.39, 0.29) is 30.6 Å². The molecule has 10 heteroatoms. The molecule has 0 aliphatic carbocycles. The maximum absolute atomic E-state index is 13.4. The number of carboxylic acids is 2. The third kappa shape index (κ3) is 12.6. The fourth-order valence-electron chi connectivity index (χ4n) is 4.75. The number of piperazine rings is 1. The second-order valence-corrected chi connectivity index (χ2v) is 10.5. The summed E-state index contributed by atoms with van der Waals surface area (Å²) in [4.78, 5) is 24.8. The molecule has 43 heavy (non-hydrogen) atoms. The van der Waals surface area contributed by atoms with E-state index in [2.05, 4.69) is 40.1 Å². The van der Waals surface area contributed by atoms with Crippen LogP contribution in [-0.4, -0.2) is 83.9 Å². The average molecular weight is 598 g/mol. The van der Waals surface area contributed by atoms with E-state index >= 15 is 0 Å². The zero-order valence-corrected chi connectivity index (χ0v) is 24.3. The highest BCUT2D eigenvalue weighted by Gasteiger charge is 2.19. The van der Waals surface area contributed by atoms with Crippen LogP contribution in [0.4, 0.5) is 8.78 Å². The Morgan fingerprint density at radius 1 is 0.791 bits per heavy atom. The molecule has 232 valence electrons. The minimum absolute atomic E-state index is 0.0231. The molecule has 1 saturated heterocycles. The first-order valence-corrected chi connectivity index (χ1v) is 14.5. The molecule has 0 spiro atoms. The van der Waals surface area contributed by atoms with Crippen LogP contribution in [0.15, 0.2) is 78.9 Å². The Hall–Kier alpha value is -3.70. The molecule has 0 bridgehead atoms. The maximum Gasteiger partial charge on any atom is 0.320 e. The van der Waals surface area contributed by atoms with Gasteiger partial charge in [0.25, 0.3) is 0 Å². The molecule has 1 unspecified atom stereocenters. The number of hydrogen-bond acceptors (Lipinski definition) is 6. The van der Waals surface area contributed by atoms with Crippen LogP contribution in [-0.2, 0) is 20.7 Å². The molecule has 4 N–H and O–H groups in total. The lowest BCUT2D eigenvalue weighted by Crippen LogP contribution is -2.47. The van der Waals surface area contributed by atoms with Crippen molar-refractivity contribution >= 4 is 11.9 Å². The molecule has 3 aromatic rings. The van der Waals surface area contributed by atoms with Crippen molar-refractivity contribution in [2.24, 2.45) is 5.73 Å². The first-order chi connectivity index (χ1) is 20.7. The number of nitrogens with two attached hydrogens (primary N) is 1. The number of carboxylic acid groups (broad SMARTS) is 2. The van der Waals surface area contributed by atoms with E-state index < -0.39 is 18.0 Å². The molecule has 0 radical (unpaired) electrons. The summed E-state index contributed by atoms with van der Waals surface area (Å²) in [6.07, 6.45) is 1.75. The quantitative estimate of drug-likeness (QED) is 0.247. The van der Waals surface area contributed by atoms with E-state index in [0.29, 0.717) is 6.61 Å². The standard InChI is InChI=1S/C28H32F2N2O.C5H9NO4/c29-26-12-8-24(9-13-26)28(25-10-14-27(30)15-11-25)33-22-21-32-19-17-31(18-20-32)16-4-7-23-5-2-1-3-6-23;6-3(5(9)10)1-2-4(7)8/h1-3,5-6,8-15,28H,4,7,16-22H2;3H,1-2,6H2,(H,7,8)(H,9,10). The molecule has 1 heterocycles. The lowest BCUT2D eigenvalue weighted by molar-refractivity contribution is -0.139. The van der Waals surface area contributed by atoms with Gasteiger partial charge in [0.2, 0.25) is 0 Å². The fraction of sp³-hybridized carbons (Fsp3) is 0.394. The van der Waals surface area contributed by atoms with Crippen molar-refractivity contribution in [2.45, 2.75) is 37.8 Å². The van der Waals surface area contributed by atoms with Crippen LogP contribution in [0.1, 0.15) is 42.1 Å². The topological polar surface area (TPSA) is 116 Å². The predicted molar refractivity (Wildman–Crippen MR) is 161 cm³/mol. The van der Waals surface area contributed by atoms with Gasteiger partial charge in [0, 0.05) is 39.1 Å². The maximum atomic E-state index is 13.4. The highest BCUT2D eigenvalue weighted by atomic mass is 19.1. The van der Waals surface area contributed by atoms with Crippen LogP contribution >= 0.6 is 0 Å². The van der Waals surface area contributed by atoms with Gasteiger partial charge in [-0.05, 0) is 66.8 Å². The largest absolute Gasteiger partial charge is 0.481 e. The molecule has 1 atom stereocenters. The average Bonchev–Trinajstić information content (AvgIpc) is 3.01. The molecular weight excluding hydrogens is 556 g/mol. The molecule has 1 aliphatic rings. The van der Waals surface area contributed by atoms with Crippen LogP contribution < -0.4 is 5.73 Å². The van der Waals surface area contributed by atoms with Crippen LogP contribution in [0.2, 0.25) is 0 Å². The summed E-state index contributed by atoms with van der Waals surface area (Å²) in [6, 6.07) is 22.3. The zero-order valence-electron chi connectivity index (χ0n) is 24.3. The molecule has 3 aromatic carbocycles. The molecule has 0 aromatic heterocycles. The summed E-state index contributed by atoms with van der Waals surface area (Å²) in [6.45, 7) is 6.77. The Morgan fingerprint density at radius 2 is 1.30 bits per heavy atom. The van der Waals surface area contributed by atoms with E-state index in [4.69, 9.17) is 20.7 Å². The normalized spacial score (nSPS) is 14.6. The van der Waals surface area contributed by atoms with Crippen molar-refractivity contribution in [3.63, 3.8) is 0 Å². The Kier molecular flexibility index (Phi) is 14.2. The molecule has 8 nitrogen and oxygen atoms in total. The van der Waals surface area contributed by atoms with Gasteiger partial charge in [0.05, 0.1) is 6.61 Å². The first-order valence-electron chi connectivity index (χ1n) is 14.5. The van der Waals surface area contributed by atoms with Gasteiger partial charge in [-0.2, -0.15) is 0 Å². The van der Waals surface area contributed by atoms with Gasteiger partial charge in [-0.25, -0.2) is 8.78 Å². The van der Waals surface area contributed by atoms with Crippen molar-refractivity contribution in [3.05, 3.63) is 107 Å². The van der Waals surface area contributed by atoms with Crippen LogP contribution in [0.25, 0.3) is 0 Å². The lowest BCUT2D eigenvalue weighted by atomic mass is 10.0. The summed E-state index contributed by atoms with van der Waals surface area (Å²) in [5.74, 6) is -2.76. The van der Waals surface area contributed by atoms with E-state index in [9.17, 15) is 18.4 Å². The summed E-state index contributed by atoms with van der Waals surface area (Å²) in [5, 5.41) is 16.3. The van der Waals surface area contributed by atoms with Gasteiger partial charge in [-0.15, -0.1) is 0 Å². The molecule has 1 fully saturated rings.